The van der Waals surface area contributed by atoms with Gasteiger partial charge in [0.2, 0.25) is 5.72 Å². The molecule has 2 amide bonds. The van der Waals surface area contributed by atoms with E-state index in [1.165, 1.54) is 47.8 Å². The Morgan fingerprint density at radius 2 is 1.68 bits per heavy atom. The van der Waals surface area contributed by atoms with E-state index >= 15 is 0 Å². The molecule has 0 saturated carbocycles. The van der Waals surface area contributed by atoms with Gasteiger partial charge in [-0.1, -0.05) is 41.4 Å². The van der Waals surface area contributed by atoms with Gasteiger partial charge in [-0.25, -0.2) is 4.79 Å². The van der Waals surface area contributed by atoms with Gasteiger partial charge in [0.05, 0.1) is 6.04 Å². The highest BCUT2D eigenvalue weighted by molar-refractivity contribution is 6.31. The molecule has 3 rings (SSSR count). The molecule has 1 aliphatic heterocycles. The van der Waals surface area contributed by atoms with Gasteiger partial charge in [0.25, 0.3) is 0 Å². The van der Waals surface area contributed by atoms with Crippen molar-refractivity contribution in [2.75, 3.05) is 0 Å². The molecular formula is C18H13Cl2F3N2O3. The number of alkyl halides is 3. The molecule has 0 aromatic heterocycles. The Bertz CT molecular complexity index is 921. The van der Waals surface area contributed by atoms with E-state index in [2.05, 4.69) is 5.32 Å². The monoisotopic (exact) mass is 432 g/mol. The van der Waals surface area contributed by atoms with Gasteiger partial charge in [-0.05, 0) is 35.9 Å². The van der Waals surface area contributed by atoms with E-state index in [0.29, 0.717) is 0 Å². The van der Waals surface area contributed by atoms with Gasteiger partial charge in [0.1, 0.15) is 5.92 Å². The Kier molecular flexibility index (Phi) is 5.31. The van der Waals surface area contributed by atoms with Crippen molar-refractivity contribution in [2.45, 2.75) is 17.9 Å². The molecule has 28 heavy (non-hydrogen) atoms. The molecule has 3 atom stereocenters. The van der Waals surface area contributed by atoms with E-state index in [1.807, 2.05) is 0 Å². The first-order valence-corrected chi connectivity index (χ1v) is 8.72. The lowest BCUT2D eigenvalue weighted by molar-refractivity contribution is -0.287. The minimum absolute atomic E-state index is 0.0353. The molecule has 2 aromatic carbocycles. The van der Waals surface area contributed by atoms with Crippen molar-refractivity contribution in [3.05, 3.63) is 69.7 Å². The molecule has 0 bridgehead atoms. The molecule has 1 heterocycles. The number of hydrogen-bond acceptors (Lipinski definition) is 3. The summed E-state index contributed by atoms with van der Waals surface area (Å²) in [6.07, 6.45) is -5.34. The highest BCUT2D eigenvalue weighted by atomic mass is 35.5. The van der Waals surface area contributed by atoms with Crippen LogP contribution in [0.5, 0.6) is 0 Å². The van der Waals surface area contributed by atoms with Crippen molar-refractivity contribution in [1.82, 2.24) is 10.6 Å². The van der Waals surface area contributed by atoms with Gasteiger partial charge in [-0.3, -0.25) is 4.79 Å². The summed E-state index contributed by atoms with van der Waals surface area (Å²) in [7, 11) is 0. The van der Waals surface area contributed by atoms with Crippen molar-refractivity contribution in [3.8, 4) is 0 Å². The highest BCUT2D eigenvalue weighted by Crippen LogP contribution is 2.45. The Morgan fingerprint density at radius 3 is 2.25 bits per heavy atom. The smallest absolute Gasteiger partial charge is 0.363 e. The largest absolute Gasteiger partial charge is 0.437 e. The lowest BCUT2D eigenvalue weighted by atomic mass is 9.77. The number of rotatable bonds is 3. The Labute approximate surface area is 167 Å². The molecule has 1 saturated heterocycles. The predicted molar refractivity (Wildman–Crippen MR) is 96.1 cm³/mol. The summed E-state index contributed by atoms with van der Waals surface area (Å²) in [6, 6.07) is 8.14. The fourth-order valence-corrected chi connectivity index (χ4v) is 3.50. The number of ketones is 1. The van der Waals surface area contributed by atoms with E-state index in [-0.39, 0.29) is 21.2 Å². The second-order valence-corrected chi connectivity index (χ2v) is 7.05. The topological polar surface area (TPSA) is 78.4 Å². The maximum absolute atomic E-state index is 13.8. The number of urea groups is 1. The van der Waals surface area contributed by atoms with E-state index in [4.69, 9.17) is 23.2 Å². The molecular weight excluding hydrogens is 420 g/mol. The lowest BCUT2D eigenvalue weighted by Crippen LogP contribution is -2.72. The van der Waals surface area contributed by atoms with E-state index < -0.39 is 35.7 Å². The van der Waals surface area contributed by atoms with Crippen LogP contribution in [0.1, 0.15) is 22.0 Å². The summed E-state index contributed by atoms with van der Waals surface area (Å²) in [5.74, 6) is -3.19. The molecule has 3 N–H and O–H groups in total. The summed E-state index contributed by atoms with van der Waals surface area (Å²) in [5.41, 5.74) is -3.86. The van der Waals surface area contributed by atoms with Crippen molar-refractivity contribution in [3.63, 3.8) is 0 Å². The molecule has 5 nitrogen and oxygen atoms in total. The second kappa shape index (κ2) is 7.27. The minimum atomic E-state index is -5.34. The van der Waals surface area contributed by atoms with E-state index in [9.17, 15) is 27.9 Å². The third-order valence-electron chi connectivity index (χ3n) is 4.46. The van der Waals surface area contributed by atoms with Crippen LogP contribution in [0.3, 0.4) is 0 Å². The molecule has 0 radical (unpaired) electrons. The molecule has 0 aliphatic carbocycles. The van der Waals surface area contributed by atoms with E-state index in [0.717, 1.165) is 0 Å². The molecule has 1 fully saturated rings. The van der Waals surface area contributed by atoms with Gasteiger partial charge >= 0.3 is 12.2 Å². The van der Waals surface area contributed by atoms with E-state index in [1.54, 1.807) is 6.07 Å². The average molecular weight is 433 g/mol. The predicted octanol–water partition coefficient (Wildman–Crippen LogP) is 4.10. The van der Waals surface area contributed by atoms with Crippen LogP contribution in [0.2, 0.25) is 10.0 Å². The van der Waals surface area contributed by atoms with Gasteiger partial charge < -0.3 is 15.7 Å². The summed E-state index contributed by atoms with van der Waals surface area (Å²) in [6.45, 7) is 0. The zero-order valence-electron chi connectivity index (χ0n) is 13.9. The van der Waals surface area contributed by atoms with Gasteiger partial charge in [-0.15, -0.1) is 0 Å². The fraction of sp³-hybridized carbons (Fsp3) is 0.222. The van der Waals surface area contributed by atoms with Gasteiger partial charge in [0, 0.05) is 15.6 Å². The first-order chi connectivity index (χ1) is 13.0. The number of hydrogen-bond donors (Lipinski definition) is 3. The van der Waals surface area contributed by atoms with Crippen LogP contribution in [0, 0.1) is 5.92 Å². The van der Waals surface area contributed by atoms with Crippen molar-refractivity contribution < 1.29 is 27.9 Å². The highest BCUT2D eigenvalue weighted by Gasteiger charge is 2.66. The first kappa shape index (κ1) is 20.4. The Hall–Kier alpha value is -2.29. The maximum Gasteiger partial charge on any atom is 0.437 e. The molecule has 0 spiro atoms. The number of nitrogens with one attached hydrogen (secondary N) is 2. The standard InChI is InChI=1S/C18H13Cl2F3N2O3/c19-10-7-5-9(6-8-10)15(26)13-14(11-3-1-2-4-12(11)20)24-16(27)25-17(13,28)18(21,22)23/h1-8,13-14,28H,(H2,24,25,27)/t13-,14+,17+/m0/s1. The lowest BCUT2D eigenvalue weighted by Gasteiger charge is -2.45. The van der Waals surface area contributed by atoms with Gasteiger partial charge in [-0.2, -0.15) is 13.2 Å². The van der Waals surface area contributed by atoms with Crippen LogP contribution < -0.4 is 10.6 Å². The third kappa shape index (κ3) is 3.55. The molecule has 2 aromatic rings. The SMILES string of the molecule is O=C1N[C@H](c2ccccc2Cl)[C@@H](C(=O)c2ccc(Cl)cc2)[C@@](O)(C(F)(F)F)N1. The normalized spacial score (nSPS) is 25.0. The maximum atomic E-state index is 13.8. The van der Waals surface area contributed by atoms with Crippen molar-refractivity contribution in [2.24, 2.45) is 5.92 Å². The quantitative estimate of drug-likeness (QED) is 0.638. The number of benzene rings is 2. The number of halogens is 5. The fourth-order valence-electron chi connectivity index (χ4n) is 3.12. The van der Waals surface area contributed by atoms with Crippen molar-refractivity contribution >= 4 is 35.0 Å². The number of amides is 2. The molecule has 148 valence electrons. The number of carbonyl (C=O) groups is 2. The molecule has 1 aliphatic rings. The van der Waals surface area contributed by atoms with Crippen LogP contribution in [-0.4, -0.2) is 28.8 Å². The zero-order chi connectivity index (χ0) is 20.7. The van der Waals surface area contributed by atoms with Crippen LogP contribution in [-0.2, 0) is 0 Å². The number of Topliss-reactive ketones (excluding diaryl/α,β-unsaturated/α-hetero) is 1. The first-order valence-electron chi connectivity index (χ1n) is 7.96. The minimum Gasteiger partial charge on any atom is -0.363 e. The summed E-state index contributed by atoms with van der Waals surface area (Å²) < 4.78 is 41.3. The van der Waals surface area contributed by atoms with Crippen molar-refractivity contribution in [1.29, 1.82) is 0 Å². The Balaban J connectivity index is 2.18. The van der Waals surface area contributed by atoms with Crippen LogP contribution in [0.15, 0.2) is 48.5 Å². The summed E-state index contributed by atoms with van der Waals surface area (Å²) in [5, 5.41) is 14.5. The van der Waals surface area contributed by atoms with Gasteiger partial charge in [0.15, 0.2) is 5.78 Å². The van der Waals surface area contributed by atoms with Crippen LogP contribution in [0.4, 0.5) is 18.0 Å². The molecule has 0 unspecified atom stereocenters. The third-order valence-corrected chi connectivity index (χ3v) is 5.05. The Morgan fingerprint density at radius 1 is 1.07 bits per heavy atom. The number of aliphatic hydroxyl groups is 1. The van der Waals surface area contributed by atoms with Crippen LogP contribution in [0.25, 0.3) is 0 Å². The number of carbonyl (C=O) groups excluding carboxylic acids is 2. The summed E-state index contributed by atoms with van der Waals surface area (Å²) in [4.78, 5) is 25.0. The molecule has 10 heteroatoms. The average Bonchev–Trinajstić information content (AvgIpc) is 2.60. The zero-order valence-corrected chi connectivity index (χ0v) is 15.4. The second-order valence-electron chi connectivity index (χ2n) is 6.21. The summed E-state index contributed by atoms with van der Waals surface area (Å²) >= 11 is 11.9. The van der Waals surface area contributed by atoms with Crippen LogP contribution >= 0.6 is 23.2 Å².